The quantitative estimate of drug-likeness (QED) is 0.787. The molecule has 0 aliphatic carbocycles. The van der Waals surface area contributed by atoms with E-state index < -0.39 is 0 Å². The third-order valence-corrected chi connectivity index (χ3v) is 4.11. The summed E-state index contributed by atoms with van der Waals surface area (Å²) in [5.74, 6) is 0.912. The first-order chi connectivity index (χ1) is 9.69. The summed E-state index contributed by atoms with van der Waals surface area (Å²) in [7, 11) is 3.85. The second kappa shape index (κ2) is 7.46. The number of hydrogen-bond donors (Lipinski definition) is 0. The molecule has 2 rings (SSSR count). The summed E-state index contributed by atoms with van der Waals surface area (Å²) < 4.78 is 6.35. The zero-order chi connectivity index (χ0) is 14.4. The van der Waals surface area contributed by atoms with Crippen molar-refractivity contribution in [2.24, 2.45) is 0 Å². The molecule has 3 heteroatoms. The molecule has 2 nitrogen and oxygen atoms in total. The van der Waals surface area contributed by atoms with Gasteiger partial charge in [-0.05, 0) is 42.8 Å². The molecule has 2 aromatic carbocycles. The summed E-state index contributed by atoms with van der Waals surface area (Å²) in [5, 5.41) is 0. The van der Waals surface area contributed by atoms with Crippen molar-refractivity contribution in [1.82, 2.24) is 4.90 Å². The van der Waals surface area contributed by atoms with E-state index in [1.54, 1.807) is 7.11 Å². The molecule has 0 fully saturated rings. The van der Waals surface area contributed by atoms with Crippen molar-refractivity contribution in [2.75, 3.05) is 20.7 Å². The normalized spacial score (nSPS) is 10.8. The molecule has 0 heterocycles. The molecule has 0 N–H and O–H groups in total. The SMILES string of the molecule is COc1ccc(CCN(C)Cc2ccccc2Br)cc1. The molecule has 0 saturated heterocycles. The lowest BCUT2D eigenvalue weighted by Gasteiger charge is -2.17. The Morgan fingerprint density at radius 3 is 2.40 bits per heavy atom. The van der Waals surface area contributed by atoms with Crippen LogP contribution in [0.3, 0.4) is 0 Å². The van der Waals surface area contributed by atoms with Gasteiger partial charge in [-0.1, -0.05) is 46.3 Å². The van der Waals surface area contributed by atoms with E-state index in [4.69, 9.17) is 4.74 Å². The lowest BCUT2D eigenvalue weighted by molar-refractivity contribution is 0.330. The Kier molecular flexibility index (Phi) is 5.62. The van der Waals surface area contributed by atoms with Crippen LogP contribution < -0.4 is 4.74 Å². The van der Waals surface area contributed by atoms with Gasteiger partial charge in [0.1, 0.15) is 5.75 Å². The van der Waals surface area contributed by atoms with E-state index in [0.29, 0.717) is 0 Å². The van der Waals surface area contributed by atoms with Gasteiger partial charge in [0.15, 0.2) is 0 Å². The van der Waals surface area contributed by atoms with E-state index >= 15 is 0 Å². The van der Waals surface area contributed by atoms with E-state index in [2.05, 4.69) is 58.2 Å². The highest BCUT2D eigenvalue weighted by Crippen LogP contribution is 2.17. The Bertz CT molecular complexity index is 539. The van der Waals surface area contributed by atoms with Crippen LogP contribution >= 0.6 is 15.9 Å². The van der Waals surface area contributed by atoms with Crippen LogP contribution in [-0.2, 0) is 13.0 Å². The second-order valence-corrected chi connectivity index (χ2v) is 5.78. The molecule has 0 spiro atoms. The Hall–Kier alpha value is -1.32. The van der Waals surface area contributed by atoms with Gasteiger partial charge in [-0.25, -0.2) is 0 Å². The molecule has 0 radical (unpaired) electrons. The first-order valence-corrected chi connectivity index (χ1v) is 7.53. The maximum absolute atomic E-state index is 5.17. The highest BCUT2D eigenvalue weighted by Gasteiger charge is 2.04. The lowest BCUT2D eigenvalue weighted by atomic mass is 10.1. The monoisotopic (exact) mass is 333 g/mol. The number of rotatable bonds is 6. The number of ether oxygens (including phenoxy) is 1. The van der Waals surface area contributed by atoms with Crippen molar-refractivity contribution in [3.63, 3.8) is 0 Å². The number of nitrogens with zero attached hydrogens (tertiary/aromatic N) is 1. The molecular weight excluding hydrogens is 314 g/mol. The van der Waals surface area contributed by atoms with Crippen molar-refractivity contribution < 1.29 is 4.74 Å². The molecular formula is C17H20BrNO. The topological polar surface area (TPSA) is 12.5 Å². The fourth-order valence-corrected chi connectivity index (χ4v) is 2.52. The molecule has 0 aromatic heterocycles. The fraction of sp³-hybridized carbons (Fsp3) is 0.294. The fourth-order valence-electron chi connectivity index (χ4n) is 2.11. The summed E-state index contributed by atoms with van der Waals surface area (Å²) in [6, 6.07) is 16.7. The van der Waals surface area contributed by atoms with Gasteiger partial charge >= 0.3 is 0 Å². The second-order valence-electron chi connectivity index (χ2n) is 4.93. The minimum absolute atomic E-state index is 0.912. The van der Waals surface area contributed by atoms with Gasteiger partial charge in [0.05, 0.1) is 7.11 Å². The summed E-state index contributed by atoms with van der Waals surface area (Å²) >= 11 is 3.60. The smallest absolute Gasteiger partial charge is 0.118 e. The highest BCUT2D eigenvalue weighted by molar-refractivity contribution is 9.10. The molecule has 0 bridgehead atoms. The van der Waals surface area contributed by atoms with E-state index in [0.717, 1.165) is 25.3 Å². The van der Waals surface area contributed by atoms with E-state index in [-0.39, 0.29) is 0 Å². The van der Waals surface area contributed by atoms with Crippen LogP contribution in [0.2, 0.25) is 0 Å². The minimum Gasteiger partial charge on any atom is -0.497 e. The van der Waals surface area contributed by atoms with Gasteiger partial charge in [0.25, 0.3) is 0 Å². The standard InChI is InChI=1S/C17H20BrNO/c1-19(13-15-5-3-4-6-17(15)18)12-11-14-7-9-16(20-2)10-8-14/h3-10H,11-13H2,1-2H3. The van der Waals surface area contributed by atoms with Crippen LogP contribution in [-0.4, -0.2) is 25.6 Å². The molecule has 20 heavy (non-hydrogen) atoms. The van der Waals surface area contributed by atoms with Crippen LogP contribution in [0.15, 0.2) is 53.0 Å². The average Bonchev–Trinajstić information content (AvgIpc) is 2.48. The van der Waals surface area contributed by atoms with Gasteiger partial charge in [0, 0.05) is 17.6 Å². The Morgan fingerprint density at radius 1 is 1.05 bits per heavy atom. The molecule has 2 aromatic rings. The Morgan fingerprint density at radius 2 is 1.75 bits per heavy atom. The van der Waals surface area contributed by atoms with Crippen molar-refractivity contribution in [1.29, 1.82) is 0 Å². The highest BCUT2D eigenvalue weighted by atomic mass is 79.9. The number of benzene rings is 2. The first kappa shape index (κ1) is 15.1. The number of likely N-dealkylation sites (N-methyl/N-ethyl adjacent to an activating group) is 1. The lowest BCUT2D eigenvalue weighted by Crippen LogP contribution is -2.20. The van der Waals surface area contributed by atoms with Gasteiger partial charge in [-0.3, -0.25) is 0 Å². The first-order valence-electron chi connectivity index (χ1n) is 6.74. The van der Waals surface area contributed by atoms with Gasteiger partial charge in [-0.2, -0.15) is 0 Å². The summed E-state index contributed by atoms with van der Waals surface area (Å²) in [6.07, 6.45) is 1.05. The maximum atomic E-state index is 5.17. The molecule has 0 saturated carbocycles. The Balaban J connectivity index is 1.85. The summed E-state index contributed by atoms with van der Waals surface area (Å²) in [4.78, 5) is 2.34. The van der Waals surface area contributed by atoms with E-state index in [9.17, 15) is 0 Å². The van der Waals surface area contributed by atoms with E-state index in [1.807, 2.05) is 18.2 Å². The summed E-state index contributed by atoms with van der Waals surface area (Å²) in [6.45, 7) is 1.99. The van der Waals surface area contributed by atoms with Crippen LogP contribution in [0.5, 0.6) is 5.75 Å². The van der Waals surface area contributed by atoms with Gasteiger partial charge in [0.2, 0.25) is 0 Å². The summed E-state index contributed by atoms with van der Waals surface area (Å²) in [5.41, 5.74) is 2.66. The maximum Gasteiger partial charge on any atom is 0.118 e. The van der Waals surface area contributed by atoms with E-state index in [1.165, 1.54) is 15.6 Å². The predicted molar refractivity (Wildman–Crippen MR) is 87.2 cm³/mol. The largest absolute Gasteiger partial charge is 0.497 e. The third kappa shape index (κ3) is 4.36. The zero-order valence-electron chi connectivity index (χ0n) is 12.0. The number of halogens is 1. The molecule has 0 atom stereocenters. The van der Waals surface area contributed by atoms with Crippen LogP contribution in [0, 0.1) is 0 Å². The van der Waals surface area contributed by atoms with Crippen molar-refractivity contribution in [3.8, 4) is 5.75 Å². The van der Waals surface area contributed by atoms with Crippen LogP contribution in [0.4, 0.5) is 0 Å². The number of methoxy groups -OCH3 is 1. The van der Waals surface area contributed by atoms with Crippen LogP contribution in [0.1, 0.15) is 11.1 Å². The van der Waals surface area contributed by atoms with Crippen molar-refractivity contribution >= 4 is 15.9 Å². The molecule has 0 amide bonds. The molecule has 0 aliphatic rings. The van der Waals surface area contributed by atoms with Gasteiger partial charge in [-0.15, -0.1) is 0 Å². The van der Waals surface area contributed by atoms with Crippen molar-refractivity contribution in [3.05, 3.63) is 64.1 Å². The van der Waals surface area contributed by atoms with Gasteiger partial charge < -0.3 is 9.64 Å². The Labute approximate surface area is 129 Å². The minimum atomic E-state index is 0.912. The zero-order valence-corrected chi connectivity index (χ0v) is 13.6. The predicted octanol–water partition coefficient (Wildman–Crippen LogP) is 4.13. The van der Waals surface area contributed by atoms with Crippen molar-refractivity contribution in [2.45, 2.75) is 13.0 Å². The third-order valence-electron chi connectivity index (χ3n) is 3.34. The molecule has 0 unspecified atom stereocenters. The van der Waals surface area contributed by atoms with Crippen LogP contribution in [0.25, 0.3) is 0 Å². The average molecular weight is 334 g/mol. The molecule has 106 valence electrons. The molecule has 0 aliphatic heterocycles. The number of hydrogen-bond acceptors (Lipinski definition) is 2.